The summed E-state index contributed by atoms with van der Waals surface area (Å²) in [6.07, 6.45) is 1.57. The Morgan fingerprint density at radius 2 is 1.56 bits per heavy atom. The minimum Gasteiger partial charge on any atom is -0.325 e. The van der Waals surface area contributed by atoms with E-state index < -0.39 is 11.8 Å². The Morgan fingerprint density at radius 1 is 0.829 bits per heavy atom. The van der Waals surface area contributed by atoms with E-state index in [1.807, 2.05) is 57.2 Å². The first-order chi connectivity index (χ1) is 19.7. The molecule has 0 radical (unpaired) electrons. The van der Waals surface area contributed by atoms with E-state index in [-0.39, 0.29) is 16.9 Å². The SMILES string of the molecule is Cc1ccc(C)c(NC(=O)C(C)Sc2ccc(NC(=O)/C(=C/c3cccc(Cl)c3)NC(=O)c3ccccc3)cc2)c1. The number of carbonyl (C=O) groups is 3. The molecular formula is C33H30ClN3O3S. The highest BCUT2D eigenvalue weighted by Crippen LogP contribution is 2.27. The number of amides is 3. The van der Waals surface area contributed by atoms with Crippen molar-refractivity contribution in [1.82, 2.24) is 5.32 Å². The third-order valence-corrected chi connectivity index (χ3v) is 7.48. The van der Waals surface area contributed by atoms with E-state index in [0.717, 1.165) is 21.7 Å². The quantitative estimate of drug-likeness (QED) is 0.141. The molecule has 3 amide bonds. The van der Waals surface area contributed by atoms with Gasteiger partial charge >= 0.3 is 0 Å². The van der Waals surface area contributed by atoms with Crippen LogP contribution in [-0.4, -0.2) is 23.0 Å². The Morgan fingerprint density at radius 3 is 2.27 bits per heavy atom. The number of nitrogens with one attached hydrogen (secondary N) is 3. The van der Waals surface area contributed by atoms with Gasteiger partial charge in [0.1, 0.15) is 5.70 Å². The van der Waals surface area contributed by atoms with Crippen LogP contribution in [0.1, 0.15) is 34.0 Å². The molecule has 41 heavy (non-hydrogen) atoms. The van der Waals surface area contributed by atoms with Gasteiger partial charge in [-0.25, -0.2) is 0 Å². The van der Waals surface area contributed by atoms with Crippen LogP contribution < -0.4 is 16.0 Å². The summed E-state index contributed by atoms with van der Waals surface area (Å²) in [4.78, 5) is 39.8. The van der Waals surface area contributed by atoms with Crippen molar-refractivity contribution in [2.45, 2.75) is 30.9 Å². The van der Waals surface area contributed by atoms with Crippen molar-refractivity contribution in [3.63, 3.8) is 0 Å². The molecule has 0 aromatic heterocycles. The summed E-state index contributed by atoms with van der Waals surface area (Å²) < 4.78 is 0. The summed E-state index contributed by atoms with van der Waals surface area (Å²) in [5.41, 5.74) is 4.58. The molecule has 0 aliphatic carbocycles. The molecule has 0 fully saturated rings. The molecule has 1 atom stereocenters. The number of aryl methyl sites for hydroxylation is 2. The lowest BCUT2D eigenvalue weighted by Crippen LogP contribution is -2.30. The molecular weight excluding hydrogens is 554 g/mol. The molecule has 6 nitrogen and oxygen atoms in total. The summed E-state index contributed by atoms with van der Waals surface area (Å²) in [6, 6.07) is 28.8. The van der Waals surface area contributed by atoms with Gasteiger partial charge in [-0.3, -0.25) is 14.4 Å². The summed E-state index contributed by atoms with van der Waals surface area (Å²) >= 11 is 7.54. The number of hydrogen-bond acceptors (Lipinski definition) is 4. The minimum absolute atomic E-state index is 0.0660. The fourth-order valence-electron chi connectivity index (χ4n) is 3.88. The molecule has 0 heterocycles. The fraction of sp³-hybridized carbons (Fsp3) is 0.121. The van der Waals surface area contributed by atoms with E-state index in [0.29, 0.717) is 21.8 Å². The lowest BCUT2D eigenvalue weighted by atomic mass is 10.1. The van der Waals surface area contributed by atoms with Gasteiger partial charge in [-0.05, 0) is 98.1 Å². The zero-order chi connectivity index (χ0) is 29.4. The second-order valence-corrected chi connectivity index (χ2v) is 11.3. The van der Waals surface area contributed by atoms with Gasteiger partial charge in [-0.15, -0.1) is 11.8 Å². The predicted molar refractivity (Wildman–Crippen MR) is 168 cm³/mol. The highest BCUT2D eigenvalue weighted by molar-refractivity contribution is 8.00. The highest BCUT2D eigenvalue weighted by Gasteiger charge is 2.17. The van der Waals surface area contributed by atoms with E-state index in [9.17, 15) is 14.4 Å². The molecule has 0 bridgehead atoms. The van der Waals surface area contributed by atoms with Gasteiger partial charge in [0, 0.05) is 26.9 Å². The van der Waals surface area contributed by atoms with Crippen LogP contribution in [0.25, 0.3) is 6.08 Å². The Balaban J connectivity index is 1.43. The summed E-state index contributed by atoms with van der Waals surface area (Å²) in [5, 5.41) is 8.74. The lowest BCUT2D eigenvalue weighted by molar-refractivity contribution is -0.115. The van der Waals surface area contributed by atoms with Crippen LogP contribution in [0.2, 0.25) is 5.02 Å². The Bertz CT molecular complexity index is 1590. The molecule has 4 aromatic rings. The summed E-state index contributed by atoms with van der Waals surface area (Å²) in [5.74, 6) is -0.990. The van der Waals surface area contributed by atoms with Gasteiger partial charge in [-0.1, -0.05) is 54.1 Å². The molecule has 0 aliphatic rings. The smallest absolute Gasteiger partial charge is 0.272 e. The molecule has 208 valence electrons. The summed E-state index contributed by atoms with van der Waals surface area (Å²) in [7, 11) is 0. The van der Waals surface area contributed by atoms with Crippen molar-refractivity contribution in [2.75, 3.05) is 10.6 Å². The molecule has 4 aromatic carbocycles. The molecule has 4 rings (SSSR count). The number of rotatable bonds is 9. The molecule has 0 saturated heterocycles. The molecule has 0 aliphatic heterocycles. The van der Waals surface area contributed by atoms with Crippen molar-refractivity contribution in [3.8, 4) is 0 Å². The average Bonchev–Trinajstić information content (AvgIpc) is 2.96. The van der Waals surface area contributed by atoms with Gasteiger partial charge in [0.25, 0.3) is 11.8 Å². The Kier molecular flexibility index (Phi) is 10.0. The first kappa shape index (κ1) is 29.6. The zero-order valence-electron chi connectivity index (χ0n) is 22.9. The monoisotopic (exact) mass is 583 g/mol. The maximum atomic E-state index is 13.3. The average molecular weight is 584 g/mol. The number of halogens is 1. The Hall–Kier alpha value is -4.33. The normalized spacial score (nSPS) is 11.9. The number of carbonyl (C=O) groups excluding carboxylic acids is 3. The maximum absolute atomic E-state index is 13.3. The van der Waals surface area contributed by atoms with Crippen LogP contribution in [-0.2, 0) is 9.59 Å². The van der Waals surface area contributed by atoms with Crippen molar-refractivity contribution >= 4 is 58.5 Å². The van der Waals surface area contributed by atoms with Crippen LogP contribution in [0.5, 0.6) is 0 Å². The number of hydrogen-bond donors (Lipinski definition) is 3. The molecule has 0 saturated carbocycles. The topological polar surface area (TPSA) is 87.3 Å². The first-order valence-corrected chi connectivity index (χ1v) is 14.2. The van der Waals surface area contributed by atoms with Gasteiger partial charge in [-0.2, -0.15) is 0 Å². The van der Waals surface area contributed by atoms with E-state index in [2.05, 4.69) is 16.0 Å². The fourth-order valence-corrected chi connectivity index (χ4v) is 4.95. The van der Waals surface area contributed by atoms with Gasteiger partial charge in [0.15, 0.2) is 0 Å². The minimum atomic E-state index is -0.490. The van der Waals surface area contributed by atoms with E-state index in [4.69, 9.17) is 11.6 Å². The van der Waals surface area contributed by atoms with Crippen molar-refractivity contribution in [2.24, 2.45) is 0 Å². The molecule has 0 spiro atoms. The van der Waals surface area contributed by atoms with Crippen LogP contribution in [0.3, 0.4) is 0 Å². The van der Waals surface area contributed by atoms with Gasteiger partial charge in [0.05, 0.1) is 5.25 Å². The second-order valence-electron chi connectivity index (χ2n) is 9.48. The van der Waals surface area contributed by atoms with E-state index in [1.165, 1.54) is 11.8 Å². The van der Waals surface area contributed by atoms with E-state index in [1.54, 1.807) is 66.7 Å². The maximum Gasteiger partial charge on any atom is 0.272 e. The Labute approximate surface area is 249 Å². The van der Waals surface area contributed by atoms with Gasteiger partial charge < -0.3 is 16.0 Å². The van der Waals surface area contributed by atoms with Crippen LogP contribution in [0.15, 0.2) is 108 Å². The van der Waals surface area contributed by atoms with Gasteiger partial charge in [0.2, 0.25) is 5.91 Å². The number of thioether (sulfide) groups is 1. The van der Waals surface area contributed by atoms with Crippen molar-refractivity contribution in [3.05, 3.63) is 130 Å². The van der Waals surface area contributed by atoms with Crippen molar-refractivity contribution in [1.29, 1.82) is 0 Å². The third kappa shape index (κ3) is 8.58. The number of benzene rings is 4. The van der Waals surface area contributed by atoms with Crippen LogP contribution in [0.4, 0.5) is 11.4 Å². The predicted octanol–water partition coefficient (Wildman–Crippen LogP) is 7.49. The number of anilines is 2. The summed E-state index contributed by atoms with van der Waals surface area (Å²) in [6.45, 7) is 5.80. The first-order valence-electron chi connectivity index (χ1n) is 13.0. The van der Waals surface area contributed by atoms with Crippen LogP contribution in [0, 0.1) is 13.8 Å². The van der Waals surface area contributed by atoms with E-state index >= 15 is 0 Å². The third-order valence-electron chi connectivity index (χ3n) is 6.13. The lowest BCUT2D eigenvalue weighted by Gasteiger charge is -2.15. The standard InChI is InChI=1S/C33H30ClN3O3S/c1-21-12-13-22(2)29(18-21)36-31(38)23(3)41-28-16-14-27(15-17-28)35-33(40)30(20-24-8-7-11-26(34)19-24)37-32(39)25-9-5-4-6-10-25/h4-20,23H,1-3H3,(H,35,40)(H,36,38)(H,37,39)/b30-20-. The van der Waals surface area contributed by atoms with Crippen LogP contribution >= 0.6 is 23.4 Å². The largest absolute Gasteiger partial charge is 0.325 e. The molecule has 3 N–H and O–H groups in total. The zero-order valence-corrected chi connectivity index (χ0v) is 24.5. The molecule has 1 unspecified atom stereocenters. The van der Waals surface area contributed by atoms with Crippen molar-refractivity contribution < 1.29 is 14.4 Å². The highest BCUT2D eigenvalue weighted by atomic mass is 35.5. The second kappa shape index (κ2) is 13.8. The molecule has 8 heteroatoms.